The monoisotopic (exact) mass is 494 g/mol. The van der Waals surface area contributed by atoms with Crippen LogP contribution in [0.3, 0.4) is 0 Å². The van der Waals surface area contributed by atoms with Gasteiger partial charge >= 0.3 is 0 Å². The van der Waals surface area contributed by atoms with Crippen molar-refractivity contribution in [1.29, 1.82) is 0 Å². The number of para-hydroxylation sites is 1. The van der Waals surface area contributed by atoms with Crippen LogP contribution in [-0.2, 0) is 27.7 Å². The quantitative estimate of drug-likeness (QED) is 0.561. The zero-order chi connectivity index (χ0) is 25.5. The van der Waals surface area contributed by atoms with Gasteiger partial charge in [0.2, 0.25) is 15.9 Å². The molecule has 184 valence electrons. The molecule has 0 saturated heterocycles. The van der Waals surface area contributed by atoms with E-state index in [0.29, 0.717) is 40.9 Å². The van der Waals surface area contributed by atoms with Crippen LogP contribution in [0.5, 0.6) is 0 Å². The molecule has 9 heteroatoms. The average molecular weight is 495 g/mol. The van der Waals surface area contributed by atoms with Gasteiger partial charge in [0.15, 0.2) is 0 Å². The molecule has 35 heavy (non-hydrogen) atoms. The Bertz CT molecular complexity index is 1470. The van der Waals surface area contributed by atoms with Crippen molar-refractivity contribution in [2.75, 3.05) is 5.32 Å². The van der Waals surface area contributed by atoms with Crippen LogP contribution in [0.15, 0.2) is 46.1 Å². The summed E-state index contributed by atoms with van der Waals surface area (Å²) in [6.07, 6.45) is 3.02. The van der Waals surface area contributed by atoms with E-state index in [4.69, 9.17) is 5.14 Å². The van der Waals surface area contributed by atoms with Gasteiger partial charge in [-0.25, -0.2) is 18.2 Å². The lowest BCUT2D eigenvalue weighted by Crippen LogP contribution is -2.37. The van der Waals surface area contributed by atoms with Gasteiger partial charge in [-0.3, -0.25) is 9.59 Å². The largest absolute Gasteiger partial charge is 0.324 e. The van der Waals surface area contributed by atoms with Crippen LogP contribution in [-0.4, -0.2) is 24.1 Å². The number of carbonyl (C=O) groups is 1. The molecule has 1 unspecified atom stereocenters. The van der Waals surface area contributed by atoms with Crippen LogP contribution >= 0.6 is 0 Å². The first-order valence-electron chi connectivity index (χ1n) is 11.6. The highest BCUT2D eigenvalue weighted by Crippen LogP contribution is 2.31. The molecule has 0 saturated carbocycles. The van der Waals surface area contributed by atoms with Crippen LogP contribution in [0.4, 0.5) is 5.69 Å². The van der Waals surface area contributed by atoms with Gasteiger partial charge in [-0.05, 0) is 81.7 Å². The number of nitrogens with one attached hydrogen (secondary N) is 1. The van der Waals surface area contributed by atoms with Gasteiger partial charge < -0.3 is 5.32 Å². The van der Waals surface area contributed by atoms with Crippen LogP contribution in [0.2, 0.25) is 0 Å². The molecular formula is C26H30N4O4S. The van der Waals surface area contributed by atoms with E-state index >= 15 is 0 Å². The van der Waals surface area contributed by atoms with Crippen molar-refractivity contribution in [3.8, 4) is 11.3 Å². The second-order valence-electron chi connectivity index (χ2n) is 9.22. The highest BCUT2D eigenvalue weighted by molar-refractivity contribution is 7.89. The number of hydrogen-bond donors (Lipinski definition) is 2. The summed E-state index contributed by atoms with van der Waals surface area (Å²) in [5, 5.41) is 13.0. The number of aryl methyl sites for hydroxylation is 3. The number of aromatic nitrogens is 2. The number of primary sulfonamides is 1. The third-order valence-electron chi connectivity index (χ3n) is 6.67. The molecule has 0 bridgehead atoms. The van der Waals surface area contributed by atoms with E-state index in [2.05, 4.69) is 10.4 Å². The van der Waals surface area contributed by atoms with Crippen molar-refractivity contribution in [2.24, 2.45) is 5.14 Å². The number of benzene rings is 2. The zero-order valence-corrected chi connectivity index (χ0v) is 21.2. The smallest absolute Gasteiger partial charge is 0.271 e. The van der Waals surface area contributed by atoms with Crippen molar-refractivity contribution in [3.05, 3.63) is 74.6 Å². The maximum Gasteiger partial charge on any atom is 0.271 e. The van der Waals surface area contributed by atoms with Crippen molar-refractivity contribution in [3.63, 3.8) is 0 Å². The summed E-state index contributed by atoms with van der Waals surface area (Å²) < 4.78 is 25.5. The summed E-state index contributed by atoms with van der Waals surface area (Å²) in [7, 11) is -3.94. The van der Waals surface area contributed by atoms with Gasteiger partial charge in [-0.2, -0.15) is 5.10 Å². The first-order chi connectivity index (χ1) is 16.5. The number of rotatable bonds is 5. The molecule has 3 N–H and O–H groups in total. The van der Waals surface area contributed by atoms with Gasteiger partial charge in [-0.15, -0.1) is 0 Å². The normalized spacial score (nSPS) is 14.3. The zero-order valence-electron chi connectivity index (χ0n) is 20.4. The van der Waals surface area contributed by atoms with Crippen LogP contribution in [0.25, 0.3) is 11.3 Å². The first-order valence-corrected chi connectivity index (χ1v) is 13.2. The number of fused-ring (bicyclic) bond motifs is 1. The second-order valence-corrected chi connectivity index (χ2v) is 10.7. The number of carbonyl (C=O) groups excluding carboxylic acids is 1. The van der Waals surface area contributed by atoms with Gasteiger partial charge in [0.05, 0.1) is 10.6 Å². The average Bonchev–Trinajstić information content (AvgIpc) is 2.81. The lowest BCUT2D eigenvalue weighted by atomic mass is 9.89. The third kappa shape index (κ3) is 4.78. The van der Waals surface area contributed by atoms with Crippen LogP contribution < -0.4 is 16.0 Å². The highest BCUT2D eigenvalue weighted by atomic mass is 32.2. The summed E-state index contributed by atoms with van der Waals surface area (Å²) in [4.78, 5) is 26.6. The number of anilines is 1. The van der Waals surface area contributed by atoms with E-state index in [9.17, 15) is 18.0 Å². The Morgan fingerprint density at radius 2 is 1.66 bits per heavy atom. The fourth-order valence-corrected chi connectivity index (χ4v) is 5.46. The number of amides is 1. The molecule has 3 aromatic rings. The Morgan fingerprint density at radius 3 is 2.29 bits per heavy atom. The molecule has 0 aliphatic heterocycles. The first kappa shape index (κ1) is 24.8. The number of hydrogen-bond acceptors (Lipinski definition) is 5. The number of sulfonamides is 1. The standard InChI is InChI=1S/C26H30N4O4S/c1-15-12-13-19(14-22(15)35(27,33)34)24-20-10-5-6-11-21(20)26(32)30(29-24)18(4)25(31)28-23-16(2)8-7-9-17(23)3/h7-9,12-14,18H,5-6,10-11H2,1-4H3,(H,28,31)(H2,27,33,34). The van der Waals surface area contributed by atoms with Gasteiger partial charge in [-0.1, -0.05) is 30.3 Å². The van der Waals surface area contributed by atoms with E-state index in [1.165, 1.54) is 10.7 Å². The van der Waals surface area contributed by atoms with Crippen molar-refractivity contribution in [2.45, 2.75) is 64.3 Å². The molecule has 1 aromatic heterocycles. The molecule has 1 amide bonds. The summed E-state index contributed by atoms with van der Waals surface area (Å²) in [6.45, 7) is 7.14. The lowest BCUT2D eigenvalue weighted by molar-refractivity contribution is -0.119. The summed E-state index contributed by atoms with van der Waals surface area (Å²) in [6, 6.07) is 9.82. The lowest BCUT2D eigenvalue weighted by Gasteiger charge is -2.23. The molecule has 1 aliphatic rings. The fourth-order valence-electron chi connectivity index (χ4n) is 4.65. The Morgan fingerprint density at radius 1 is 1.03 bits per heavy atom. The number of nitrogens with two attached hydrogens (primary N) is 1. The maximum atomic E-state index is 13.4. The van der Waals surface area contributed by atoms with E-state index in [1.54, 1.807) is 26.0 Å². The minimum absolute atomic E-state index is 0.0138. The molecule has 0 radical (unpaired) electrons. The Labute approximate surface area is 205 Å². The Kier molecular flexibility index (Phi) is 6.66. The predicted octanol–water partition coefficient (Wildman–Crippen LogP) is 3.56. The maximum absolute atomic E-state index is 13.4. The van der Waals surface area contributed by atoms with Gasteiger partial charge in [0, 0.05) is 16.8 Å². The van der Waals surface area contributed by atoms with Crippen molar-refractivity contribution >= 4 is 21.6 Å². The molecule has 8 nitrogen and oxygen atoms in total. The van der Waals surface area contributed by atoms with E-state index in [1.807, 2.05) is 32.0 Å². The molecule has 0 spiro atoms. The van der Waals surface area contributed by atoms with Crippen molar-refractivity contribution < 1.29 is 13.2 Å². The summed E-state index contributed by atoms with van der Waals surface area (Å²) in [5.41, 5.74) is 5.30. The van der Waals surface area contributed by atoms with E-state index in [-0.39, 0.29) is 16.4 Å². The minimum atomic E-state index is -3.94. The molecule has 1 heterocycles. The highest BCUT2D eigenvalue weighted by Gasteiger charge is 2.27. The fraction of sp³-hybridized carbons (Fsp3) is 0.346. The topological polar surface area (TPSA) is 124 Å². The molecular weight excluding hydrogens is 464 g/mol. The Balaban J connectivity index is 1.83. The molecule has 0 fully saturated rings. The molecule has 1 atom stereocenters. The summed E-state index contributed by atoms with van der Waals surface area (Å²) in [5.74, 6) is -0.354. The van der Waals surface area contributed by atoms with Gasteiger partial charge in [0.1, 0.15) is 6.04 Å². The van der Waals surface area contributed by atoms with Gasteiger partial charge in [0.25, 0.3) is 5.56 Å². The van der Waals surface area contributed by atoms with Crippen LogP contribution in [0.1, 0.15) is 53.6 Å². The van der Waals surface area contributed by atoms with Crippen LogP contribution in [0, 0.1) is 20.8 Å². The third-order valence-corrected chi connectivity index (χ3v) is 7.72. The second kappa shape index (κ2) is 9.39. The Hall–Kier alpha value is -3.30. The molecule has 1 aliphatic carbocycles. The predicted molar refractivity (Wildman–Crippen MR) is 136 cm³/mol. The minimum Gasteiger partial charge on any atom is -0.324 e. The number of nitrogens with zero attached hydrogens (tertiary/aromatic N) is 2. The molecule has 4 rings (SSSR count). The SMILES string of the molecule is Cc1ccc(-c2nn(C(C)C(=O)Nc3c(C)cccc3C)c(=O)c3c2CCCC3)cc1S(N)(=O)=O. The van der Waals surface area contributed by atoms with E-state index < -0.39 is 16.1 Å². The summed E-state index contributed by atoms with van der Waals surface area (Å²) >= 11 is 0. The van der Waals surface area contributed by atoms with Crippen molar-refractivity contribution in [1.82, 2.24) is 9.78 Å². The van der Waals surface area contributed by atoms with E-state index in [0.717, 1.165) is 29.5 Å². The molecule has 2 aromatic carbocycles.